The highest BCUT2D eigenvalue weighted by Crippen LogP contribution is 2.25. The molecule has 82 valence electrons. The lowest BCUT2D eigenvalue weighted by Crippen LogP contribution is -2.44. The lowest BCUT2D eigenvalue weighted by Gasteiger charge is -2.34. The van der Waals surface area contributed by atoms with Gasteiger partial charge in [-0.15, -0.1) is 0 Å². The van der Waals surface area contributed by atoms with Crippen LogP contribution in [0.4, 0.5) is 0 Å². The third kappa shape index (κ3) is 2.08. The first-order chi connectivity index (χ1) is 6.38. The van der Waals surface area contributed by atoms with Gasteiger partial charge in [0.2, 0.25) is 5.91 Å². The lowest BCUT2D eigenvalue weighted by atomic mass is 9.87. The maximum atomic E-state index is 11.9. The van der Waals surface area contributed by atoms with E-state index in [4.69, 9.17) is 0 Å². The summed E-state index contributed by atoms with van der Waals surface area (Å²) in [5, 5.41) is 3.24. The summed E-state index contributed by atoms with van der Waals surface area (Å²) in [5.41, 5.74) is 0.153. The highest BCUT2D eigenvalue weighted by Gasteiger charge is 2.36. The number of hydrogen-bond donors (Lipinski definition) is 1. The molecular formula is C11H22N2O. The summed E-state index contributed by atoms with van der Waals surface area (Å²) in [6, 6.07) is 0.332. The van der Waals surface area contributed by atoms with Crippen LogP contribution >= 0.6 is 0 Å². The van der Waals surface area contributed by atoms with Crippen LogP contribution in [-0.4, -0.2) is 29.6 Å². The monoisotopic (exact) mass is 198 g/mol. The fourth-order valence-electron chi connectivity index (χ4n) is 1.69. The Morgan fingerprint density at radius 2 is 2.14 bits per heavy atom. The van der Waals surface area contributed by atoms with Gasteiger partial charge >= 0.3 is 0 Å². The maximum Gasteiger partial charge on any atom is 0.241 e. The van der Waals surface area contributed by atoms with Crippen LogP contribution in [0.5, 0.6) is 0 Å². The van der Waals surface area contributed by atoms with Crippen molar-refractivity contribution in [1.29, 1.82) is 0 Å². The predicted molar refractivity (Wildman–Crippen MR) is 57.8 cm³/mol. The zero-order valence-corrected chi connectivity index (χ0v) is 9.92. The molecule has 1 saturated heterocycles. The predicted octanol–water partition coefficient (Wildman–Crippen LogP) is 1.59. The highest BCUT2D eigenvalue weighted by atomic mass is 16.2. The maximum absolute atomic E-state index is 11.9. The number of amides is 1. The van der Waals surface area contributed by atoms with E-state index in [1.165, 1.54) is 0 Å². The van der Waals surface area contributed by atoms with E-state index in [2.05, 4.69) is 33.0 Å². The molecule has 0 saturated carbocycles. The molecule has 1 amide bonds. The molecule has 1 fully saturated rings. The van der Waals surface area contributed by atoms with E-state index < -0.39 is 0 Å². The third-order valence-corrected chi connectivity index (χ3v) is 3.22. The Balaban J connectivity index is 2.68. The van der Waals surface area contributed by atoms with Crippen molar-refractivity contribution in [3.63, 3.8) is 0 Å². The number of nitrogens with one attached hydrogen (secondary N) is 1. The molecule has 0 aromatic heterocycles. The minimum absolute atomic E-state index is 0.0415. The van der Waals surface area contributed by atoms with Crippen LogP contribution in [0, 0.1) is 5.41 Å². The molecule has 3 nitrogen and oxygen atoms in total. The van der Waals surface area contributed by atoms with Crippen LogP contribution in [0.3, 0.4) is 0 Å². The van der Waals surface area contributed by atoms with E-state index in [1.807, 2.05) is 11.8 Å². The Hall–Kier alpha value is -0.570. The normalized spacial score (nSPS) is 25.6. The van der Waals surface area contributed by atoms with Gasteiger partial charge in [0.25, 0.3) is 0 Å². The number of carbonyl (C=O) groups excluding carboxylic acids is 1. The summed E-state index contributed by atoms with van der Waals surface area (Å²) in [7, 11) is 0. The summed E-state index contributed by atoms with van der Waals surface area (Å²) < 4.78 is 0. The van der Waals surface area contributed by atoms with Crippen molar-refractivity contribution in [2.75, 3.05) is 6.67 Å². The second-order valence-corrected chi connectivity index (χ2v) is 5.17. The van der Waals surface area contributed by atoms with E-state index in [-0.39, 0.29) is 17.4 Å². The van der Waals surface area contributed by atoms with Crippen LogP contribution in [-0.2, 0) is 4.79 Å². The third-order valence-electron chi connectivity index (χ3n) is 3.22. The topological polar surface area (TPSA) is 32.3 Å². The van der Waals surface area contributed by atoms with Crippen molar-refractivity contribution in [2.45, 2.75) is 53.1 Å². The van der Waals surface area contributed by atoms with Crippen molar-refractivity contribution in [3.05, 3.63) is 0 Å². The Bertz CT molecular complexity index is 220. The van der Waals surface area contributed by atoms with Gasteiger partial charge in [0, 0.05) is 6.04 Å². The molecule has 1 heterocycles. The number of rotatable bonds is 2. The fraction of sp³-hybridized carbons (Fsp3) is 0.909. The van der Waals surface area contributed by atoms with E-state index in [1.54, 1.807) is 0 Å². The van der Waals surface area contributed by atoms with E-state index >= 15 is 0 Å². The van der Waals surface area contributed by atoms with Crippen molar-refractivity contribution in [1.82, 2.24) is 10.2 Å². The molecule has 0 aromatic rings. The Labute approximate surface area is 86.9 Å². The summed E-state index contributed by atoms with van der Waals surface area (Å²) in [4.78, 5) is 13.8. The summed E-state index contributed by atoms with van der Waals surface area (Å²) in [6.45, 7) is 11.4. The van der Waals surface area contributed by atoms with Gasteiger partial charge in [0.05, 0.1) is 12.7 Å². The van der Waals surface area contributed by atoms with E-state index in [0.29, 0.717) is 12.7 Å². The molecule has 0 spiro atoms. The minimum Gasteiger partial charge on any atom is -0.325 e. The van der Waals surface area contributed by atoms with Crippen molar-refractivity contribution >= 4 is 5.91 Å². The molecule has 0 radical (unpaired) electrons. The minimum atomic E-state index is 0.0415. The smallest absolute Gasteiger partial charge is 0.241 e. The van der Waals surface area contributed by atoms with E-state index in [9.17, 15) is 4.79 Å². The number of nitrogens with zero attached hydrogens (tertiary/aromatic N) is 1. The highest BCUT2D eigenvalue weighted by molar-refractivity contribution is 5.84. The Kier molecular flexibility index (Phi) is 3.20. The van der Waals surface area contributed by atoms with Crippen molar-refractivity contribution in [2.24, 2.45) is 5.41 Å². The van der Waals surface area contributed by atoms with Crippen LogP contribution in [0.2, 0.25) is 0 Å². The zero-order chi connectivity index (χ0) is 10.9. The van der Waals surface area contributed by atoms with Gasteiger partial charge in [-0.1, -0.05) is 27.7 Å². The molecule has 1 N–H and O–H groups in total. The van der Waals surface area contributed by atoms with Crippen LogP contribution < -0.4 is 5.32 Å². The average Bonchev–Trinajstić information content (AvgIpc) is 2.43. The van der Waals surface area contributed by atoms with Gasteiger partial charge in [-0.25, -0.2) is 0 Å². The molecule has 2 atom stereocenters. The fourth-order valence-corrected chi connectivity index (χ4v) is 1.69. The largest absolute Gasteiger partial charge is 0.325 e. The van der Waals surface area contributed by atoms with Crippen LogP contribution in [0.25, 0.3) is 0 Å². The molecule has 0 aliphatic carbocycles. The number of carbonyl (C=O) groups is 1. The van der Waals surface area contributed by atoms with Gasteiger partial charge in [0.15, 0.2) is 0 Å². The first-order valence-electron chi connectivity index (χ1n) is 5.41. The molecule has 0 aromatic carbocycles. The summed E-state index contributed by atoms with van der Waals surface area (Å²) in [5.74, 6) is 0.259. The molecule has 1 aliphatic rings. The zero-order valence-electron chi connectivity index (χ0n) is 9.92. The standard InChI is InChI=1S/C11H22N2O/c1-6-9-10(14)13(7-12-9)8(2)11(3,4)5/h8-9,12H,6-7H2,1-5H3. The average molecular weight is 198 g/mol. The van der Waals surface area contributed by atoms with Gasteiger partial charge in [-0.05, 0) is 18.8 Å². The summed E-state index contributed by atoms with van der Waals surface area (Å²) >= 11 is 0. The molecule has 3 heteroatoms. The molecular weight excluding hydrogens is 176 g/mol. The van der Waals surface area contributed by atoms with Crippen LogP contribution in [0.1, 0.15) is 41.0 Å². The lowest BCUT2D eigenvalue weighted by molar-refractivity contribution is -0.132. The molecule has 0 bridgehead atoms. The van der Waals surface area contributed by atoms with Gasteiger partial charge in [-0.3, -0.25) is 10.1 Å². The Morgan fingerprint density at radius 3 is 2.50 bits per heavy atom. The second kappa shape index (κ2) is 3.89. The Morgan fingerprint density at radius 1 is 1.57 bits per heavy atom. The SMILES string of the molecule is CCC1NCN(C(C)C(C)(C)C)C1=O. The van der Waals surface area contributed by atoms with Crippen LogP contribution in [0.15, 0.2) is 0 Å². The molecule has 1 rings (SSSR count). The van der Waals surface area contributed by atoms with Crippen molar-refractivity contribution in [3.8, 4) is 0 Å². The first-order valence-corrected chi connectivity index (χ1v) is 5.41. The quantitative estimate of drug-likeness (QED) is 0.731. The summed E-state index contributed by atoms with van der Waals surface area (Å²) in [6.07, 6.45) is 0.881. The van der Waals surface area contributed by atoms with Gasteiger partial charge in [0.1, 0.15) is 0 Å². The van der Waals surface area contributed by atoms with Crippen molar-refractivity contribution < 1.29 is 4.79 Å². The molecule has 14 heavy (non-hydrogen) atoms. The molecule has 1 aliphatic heterocycles. The molecule has 2 unspecified atom stereocenters. The number of hydrogen-bond acceptors (Lipinski definition) is 2. The van der Waals surface area contributed by atoms with E-state index in [0.717, 1.165) is 6.42 Å². The second-order valence-electron chi connectivity index (χ2n) is 5.17. The van der Waals surface area contributed by atoms with Gasteiger partial charge < -0.3 is 4.90 Å². The van der Waals surface area contributed by atoms with Gasteiger partial charge in [-0.2, -0.15) is 0 Å². The first kappa shape index (κ1) is 11.5.